The van der Waals surface area contributed by atoms with Crippen molar-refractivity contribution in [3.05, 3.63) is 33.8 Å². The molecular formula is C11H15BrN2O2. The van der Waals surface area contributed by atoms with Crippen molar-refractivity contribution in [2.75, 3.05) is 13.2 Å². The molecule has 1 amide bonds. The number of aryl methyl sites for hydroxylation is 1. The second-order valence-corrected chi connectivity index (χ2v) is 4.29. The van der Waals surface area contributed by atoms with Crippen LogP contribution in [0.2, 0.25) is 0 Å². The van der Waals surface area contributed by atoms with Gasteiger partial charge < -0.3 is 15.8 Å². The average Bonchev–Trinajstić information content (AvgIpc) is 2.20. The van der Waals surface area contributed by atoms with Crippen LogP contribution < -0.4 is 11.1 Å². The van der Waals surface area contributed by atoms with Crippen LogP contribution in [0.1, 0.15) is 11.1 Å². The van der Waals surface area contributed by atoms with Gasteiger partial charge >= 0.3 is 6.09 Å². The lowest BCUT2D eigenvalue weighted by molar-refractivity contribution is 0.157. The second kappa shape index (κ2) is 6.50. The van der Waals surface area contributed by atoms with Crippen molar-refractivity contribution < 1.29 is 9.53 Å². The van der Waals surface area contributed by atoms with E-state index in [1.54, 1.807) is 0 Å². The molecule has 0 radical (unpaired) electrons. The minimum atomic E-state index is -0.738. The Kier molecular flexibility index (Phi) is 5.28. The third-order valence-corrected chi connectivity index (χ3v) is 2.79. The lowest BCUT2D eigenvalue weighted by Crippen LogP contribution is -2.23. The van der Waals surface area contributed by atoms with E-state index < -0.39 is 6.09 Å². The second-order valence-electron chi connectivity index (χ2n) is 3.44. The normalized spacial score (nSPS) is 10.1. The van der Waals surface area contributed by atoms with E-state index in [0.717, 1.165) is 11.0 Å². The summed E-state index contributed by atoms with van der Waals surface area (Å²) >= 11 is 3.49. The summed E-state index contributed by atoms with van der Waals surface area (Å²) in [5.41, 5.74) is 7.22. The molecule has 0 saturated carbocycles. The number of carbonyl (C=O) groups is 1. The van der Waals surface area contributed by atoms with Gasteiger partial charge in [-0.3, -0.25) is 0 Å². The summed E-state index contributed by atoms with van der Waals surface area (Å²) in [6.07, 6.45) is -0.738. The quantitative estimate of drug-likeness (QED) is 0.813. The van der Waals surface area contributed by atoms with Crippen LogP contribution in [-0.4, -0.2) is 19.2 Å². The molecule has 0 heterocycles. The van der Waals surface area contributed by atoms with E-state index in [-0.39, 0.29) is 0 Å². The summed E-state index contributed by atoms with van der Waals surface area (Å²) in [6, 6.07) is 6.18. The van der Waals surface area contributed by atoms with Gasteiger partial charge in [0.25, 0.3) is 0 Å². The van der Waals surface area contributed by atoms with Crippen LogP contribution in [0.5, 0.6) is 0 Å². The summed E-state index contributed by atoms with van der Waals surface area (Å²) < 4.78 is 5.67. The third-order valence-electron chi connectivity index (χ3n) is 2.05. The van der Waals surface area contributed by atoms with Gasteiger partial charge in [0.1, 0.15) is 6.61 Å². The van der Waals surface area contributed by atoms with Gasteiger partial charge in [0.05, 0.1) is 0 Å². The summed E-state index contributed by atoms with van der Waals surface area (Å²) in [4.78, 5) is 10.3. The first-order valence-electron chi connectivity index (χ1n) is 4.97. The van der Waals surface area contributed by atoms with Gasteiger partial charge in [-0.15, -0.1) is 0 Å². The van der Waals surface area contributed by atoms with E-state index in [0.29, 0.717) is 13.2 Å². The maximum absolute atomic E-state index is 10.3. The van der Waals surface area contributed by atoms with Crippen LogP contribution in [0.15, 0.2) is 22.7 Å². The van der Waals surface area contributed by atoms with Crippen LogP contribution in [0.25, 0.3) is 0 Å². The fraction of sp³-hybridized carbons (Fsp3) is 0.364. The zero-order chi connectivity index (χ0) is 12.0. The van der Waals surface area contributed by atoms with E-state index >= 15 is 0 Å². The fourth-order valence-electron chi connectivity index (χ4n) is 1.24. The zero-order valence-electron chi connectivity index (χ0n) is 9.13. The van der Waals surface area contributed by atoms with Crippen molar-refractivity contribution in [2.24, 2.45) is 5.73 Å². The van der Waals surface area contributed by atoms with E-state index in [9.17, 15) is 4.79 Å². The number of hydrogen-bond acceptors (Lipinski definition) is 3. The summed E-state index contributed by atoms with van der Waals surface area (Å²) in [7, 11) is 0. The van der Waals surface area contributed by atoms with Gasteiger partial charge in [-0.25, -0.2) is 4.79 Å². The minimum absolute atomic E-state index is 0.290. The number of primary amides is 1. The minimum Gasteiger partial charge on any atom is -0.448 e. The Morgan fingerprint density at radius 3 is 2.94 bits per heavy atom. The van der Waals surface area contributed by atoms with Crippen LogP contribution in [0, 0.1) is 6.92 Å². The lowest BCUT2D eigenvalue weighted by Gasteiger charge is -2.07. The number of benzene rings is 1. The smallest absolute Gasteiger partial charge is 0.404 e. The number of nitrogens with one attached hydrogen (secondary N) is 1. The molecule has 0 saturated heterocycles. The first kappa shape index (κ1) is 13.0. The predicted molar refractivity (Wildman–Crippen MR) is 66.1 cm³/mol. The van der Waals surface area contributed by atoms with Crippen LogP contribution >= 0.6 is 15.9 Å². The molecule has 1 aromatic rings. The third kappa shape index (κ3) is 4.63. The Hall–Kier alpha value is -1.07. The van der Waals surface area contributed by atoms with E-state index in [2.05, 4.69) is 44.2 Å². The van der Waals surface area contributed by atoms with E-state index in [1.165, 1.54) is 11.1 Å². The summed E-state index contributed by atoms with van der Waals surface area (Å²) in [6.45, 7) is 3.65. The number of carbonyl (C=O) groups excluding carboxylic acids is 1. The van der Waals surface area contributed by atoms with Crippen molar-refractivity contribution in [2.45, 2.75) is 13.5 Å². The van der Waals surface area contributed by atoms with Gasteiger partial charge in [-0.2, -0.15) is 0 Å². The average molecular weight is 287 g/mol. The van der Waals surface area contributed by atoms with E-state index in [4.69, 9.17) is 5.73 Å². The first-order valence-corrected chi connectivity index (χ1v) is 5.77. The molecule has 5 heteroatoms. The Morgan fingerprint density at radius 2 is 2.31 bits per heavy atom. The maximum atomic E-state index is 10.3. The maximum Gasteiger partial charge on any atom is 0.404 e. The molecule has 0 aliphatic heterocycles. The van der Waals surface area contributed by atoms with Crippen LogP contribution in [0.3, 0.4) is 0 Å². The molecule has 4 nitrogen and oxygen atoms in total. The molecule has 0 unspecified atom stereocenters. The number of amides is 1. The summed E-state index contributed by atoms with van der Waals surface area (Å²) in [5.74, 6) is 0. The van der Waals surface area contributed by atoms with Crippen LogP contribution in [0.4, 0.5) is 4.79 Å². The first-order chi connectivity index (χ1) is 7.59. The Labute approximate surface area is 103 Å². The molecule has 1 aromatic carbocycles. The molecule has 16 heavy (non-hydrogen) atoms. The zero-order valence-corrected chi connectivity index (χ0v) is 10.7. The van der Waals surface area contributed by atoms with Crippen molar-refractivity contribution in [1.29, 1.82) is 0 Å². The molecule has 0 fully saturated rings. The molecule has 0 aliphatic rings. The molecule has 0 spiro atoms. The Balaban J connectivity index is 2.29. The largest absolute Gasteiger partial charge is 0.448 e. The predicted octanol–water partition coefficient (Wildman–Crippen LogP) is 1.94. The standard InChI is InChI=1S/C11H15BrN2O2/c1-8-2-3-9(10(12)6-8)7-14-4-5-16-11(13)15/h2-3,6,14H,4-5,7H2,1H3,(H2,13,15). The fourth-order valence-corrected chi connectivity index (χ4v) is 1.88. The number of halogens is 1. The molecule has 0 bridgehead atoms. The molecule has 0 aromatic heterocycles. The molecule has 0 aliphatic carbocycles. The SMILES string of the molecule is Cc1ccc(CNCCOC(N)=O)c(Br)c1. The van der Waals surface area contributed by atoms with Gasteiger partial charge in [-0.05, 0) is 24.1 Å². The van der Waals surface area contributed by atoms with Crippen molar-refractivity contribution in [1.82, 2.24) is 5.32 Å². The topological polar surface area (TPSA) is 64.3 Å². The molecule has 0 atom stereocenters. The van der Waals surface area contributed by atoms with E-state index in [1.807, 2.05) is 6.92 Å². The lowest BCUT2D eigenvalue weighted by atomic mass is 10.1. The highest BCUT2D eigenvalue weighted by Gasteiger charge is 1.99. The highest BCUT2D eigenvalue weighted by Crippen LogP contribution is 2.17. The molecule has 1 rings (SSSR count). The van der Waals surface area contributed by atoms with Gasteiger partial charge in [-0.1, -0.05) is 28.1 Å². The van der Waals surface area contributed by atoms with Crippen molar-refractivity contribution in [3.63, 3.8) is 0 Å². The van der Waals surface area contributed by atoms with Crippen molar-refractivity contribution in [3.8, 4) is 0 Å². The highest BCUT2D eigenvalue weighted by molar-refractivity contribution is 9.10. The van der Waals surface area contributed by atoms with Gasteiger partial charge in [0.2, 0.25) is 0 Å². The number of nitrogens with two attached hydrogens (primary N) is 1. The number of hydrogen-bond donors (Lipinski definition) is 2. The number of rotatable bonds is 5. The Morgan fingerprint density at radius 1 is 1.56 bits per heavy atom. The van der Waals surface area contributed by atoms with Gasteiger partial charge in [0, 0.05) is 17.6 Å². The molecule has 88 valence electrons. The van der Waals surface area contributed by atoms with Gasteiger partial charge in [0.15, 0.2) is 0 Å². The molecular weight excluding hydrogens is 272 g/mol. The summed E-state index contributed by atoms with van der Waals surface area (Å²) in [5, 5.41) is 3.15. The molecule has 3 N–H and O–H groups in total. The monoisotopic (exact) mass is 286 g/mol. The Bertz CT molecular complexity index is 369. The van der Waals surface area contributed by atoms with Crippen molar-refractivity contribution >= 4 is 22.0 Å². The number of ether oxygens (including phenoxy) is 1. The van der Waals surface area contributed by atoms with Crippen LogP contribution in [-0.2, 0) is 11.3 Å². The highest BCUT2D eigenvalue weighted by atomic mass is 79.9.